The van der Waals surface area contributed by atoms with Gasteiger partial charge in [-0.3, -0.25) is 32.8 Å². The van der Waals surface area contributed by atoms with E-state index in [2.05, 4.69) is 0 Å². The molecule has 384 valence electrons. The molecule has 0 aromatic heterocycles. The number of amides is 2. The summed E-state index contributed by atoms with van der Waals surface area (Å²) in [6.07, 6.45) is 4.84. The van der Waals surface area contributed by atoms with Crippen LogP contribution in [0.5, 0.6) is 0 Å². The van der Waals surface area contributed by atoms with E-state index in [1.54, 1.807) is 45.9 Å². The molecule has 2 aliphatic rings. The van der Waals surface area contributed by atoms with Gasteiger partial charge >= 0.3 is 5.97 Å². The van der Waals surface area contributed by atoms with Gasteiger partial charge in [-0.15, -0.1) is 5.06 Å². The van der Waals surface area contributed by atoms with Gasteiger partial charge in [-0.2, -0.15) is 33.7 Å². The highest BCUT2D eigenvalue weighted by molar-refractivity contribution is 14.1. The first kappa shape index (κ1) is 57.9. The van der Waals surface area contributed by atoms with Gasteiger partial charge in [-0.1, -0.05) is 19.9 Å². The number of halogens is 1. The van der Waals surface area contributed by atoms with Crippen molar-refractivity contribution < 1.29 is 75.8 Å². The van der Waals surface area contributed by atoms with E-state index in [4.69, 9.17) is 14.6 Å². The first-order valence-corrected chi connectivity index (χ1v) is 28.8. The van der Waals surface area contributed by atoms with Crippen LogP contribution in [0.15, 0.2) is 75.1 Å². The van der Waals surface area contributed by atoms with Crippen LogP contribution < -0.4 is 4.90 Å². The smallest absolute Gasteiger partial charge is 0.333 e. The van der Waals surface area contributed by atoms with Gasteiger partial charge in [0.15, 0.2) is 0 Å². The highest BCUT2D eigenvalue weighted by Crippen LogP contribution is 2.51. The lowest BCUT2D eigenvalue weighted by molar-refractivity contribution is -0.197. The van der Waals surface area contributed by atoms with Gasteiger partial charge in [-0.05, 0) is 154 Å². The minimum atomic E-state index is -4.78. The number of rotatable bonds is 24. The molecule has 0 radical (unpaired) electrons. The van der Waals surface area contributed by atoms with E-state index >= 15 is 0 Å². The molecular weight excluding hydrogens is 1100 g/mol. The van der Waals surface area contributed by atoms with Gasteiger partial charge in [0.2, 0.25) is 0 Å². The number of hydroxylamine groups is 2. The molecule has 4 N–H and O–H groups in total. The number of allylic oxidation sites excluding steroid dienone is 4. The third-order valence-electron chi connectivity index (χ3n) is 12.1. The van der Waals surface area contributed by atoms with Gasteiger partial charge in [0.1, 0.15) is 0 Å². The van der Waals surface area contributed by atoms with Crippen LogP contribution in [0.2, 0.25) is 0 Å². The Kier molecular flexibility index (Phi) is 18.5. The first-order chi connectivity index (χ1) is 31.5. The second kappa shape index (κ2) is 22.0. The molecule has 69 heavy (non-hydrogen) atoms. The van der Waals surface area contributed by atoms with E-state index < -0.39 is 101 Å². The van der Waals surface area contributed by atoms with E-state index in [1.807, 2.05) is 41.3 Å². The summed E-state index contributed by atoms with van der Waals surface area (Å²) in [5.41, 5.74) is -2.28. The zero-order chi connectivity index (χ0) is 52.2. The van der Waals surface area contributed by atoms with E-state index in [-0.39, 0.29) is 76.7 Å². The molecule has 2 heterocycles. The largest absolute Gasteiger partial charge is 0.383 e. The first-order valence-electron chi connectivity index (χ1n) is 21.6. The standard InChI is InChI=1S/C44H60IN3O17S4/c1-41(2,22-19-40(51)65-48-38(49)17-18-39(48)50)29-42(3,4)46-36(43(5,20-9-25-66(52,53)54)32-27-30(68(58,59)60)13-15-34(32)45)11-8-12-37-44(6,21-10-26-67(55,56)57)33-28-31(69(61,62)63)14-16-35(33)47(37)23-24-64-7/h8,11-16,27-28H,9-10,17-26,29H2,1-7H3,(H,52,53,54)(H,55,56,57)(H,58,59,60)(H,61,62,63)/b11-8+,37-12+,46-36?. The number of carbonyl (C=O) groups is 3. The molecule has 25 heteroatoms. The van der Waals surface area contributed by atoms with Crippen LogP contribution in [0.3, 0.4) is 0 Å². The predicted molar refractivity (Wildman–Crippen MR) is 264 cm³/mol. The maximum atomic E-state index is 12.8. The van der Waals surface area contributed by atoms with Gasteiger partial charge in [0.05, 0.1) is 33.4 Å². The number of nitrogens with zero attached hydrogens (tertiary/aromatic N) is 3. The molecule has 2 unspecified atom stereocenters. The molecule has 2 amide bonds. The van der Waals surface area contributed by atoms with Crippen molar-refractivity contribution in [3.05, 3.63) is 75.0 Å². The molecule has 4 rings (SSSR count). The molecule has 1 fully saturated rings. The van der Waals surface area contributed by atoms with Gasteiger partial charge in [0.25, 0.3) is 52.3 Å². The number of imide groups is 1. The Morgan fingerprint density at radius 1 is 0.841 bits per heavy atom. The van der Waals surface area contributed by atoms with Crippen LogP contribution in [0.4, 0.5) is 5.69 Å². The predicted octanol–water partition coefficient (Wildman–Crippen LogP) is 6.27. The Labute approximate surface area is 418 Å². The third-order valence-corrected chi connectivity index (χ3v) is 16.4. The summed E-state index contributed by atoms with van der Waals surface area (Å²) in [5, 5.41) is 0.471. The average molecular weight is 1160 g/mol. The number of hydrogen-bond acceptors (Lipinski definition) is 15. The fourth-order valence-electron chi connectivity index (χ4n) is 9.03. The molecule has 1 saturated heterocycles. The van der Waals surface area contributed by atoms with E-state index in [9.17, 15) is 66.3 Å². The number of benzene rings is 2. The molecule has 2 aromatic carbocycles. The number of methoxy groups -OCH3 is 1. The lowest BCUT2D eigenvalue weighted by atomic mass is 9.73. The number of fused-ring (bicyclic) bond motifs is 1. The Hall–Kier alpha value is -3.67. The zero-order valence-electron chi connectivity index (χ0n) is 39.3. The summed E-state index contributed by atoms with van der Waals surface area (Å²) in [6.45, 7) is 11.2. The van der Waals surface area contributed by atoms with Crippen molar-refractivity contribution in [1.29, 1.82) is 0 Å². The SMILES string of the molecule is COCCN1/C(=C/C=C/C(=NC(C)(C)CC(C)(C)CCC(=O)ON2C(=O)CCC2=O)C(C)(CCCS(=O)(=O)O)c2cc(S(=O)(=O)O)ccc2I)C(C)(CCCS(=O)(=O)O)c2cc(S(=O)(=O)O)ccc21. The van der Waals surface area contributed by atoms with Crippen LogP contribution in [-0.2, 0) is 75.3 Å². The van der Waals surface area contributed by atoms with E-state index in [1.165, 1.54) is 43.5 Å². The summed E-state index contributed by atoms with van der Waals surface area (Å²) >= 11 is 1.98. The van der Waals surface area contributed by atoms with E-state index in [0.717, 1.165) is 0 Å². The fourth-order valence-corrected chi connectivity index (χ4v) is 12.0. The highest BCUT2D eigenvalue weighted by Gasteiger charge is 2.44. The van der Waals surface area contributed by atoms with Crippen LogP contribution in [0, 0.1) is 8.99 Å². The summed E-state index contributed by atoms with van der Waals surface area (Å²) in [4.78, 5) is 48.3. The summed E-state index contributed by atoms with van der Waals surface area (Å²) in [6, 6.07) is 7.93. The van der Waals surface area contributed by atoms with Gasteiger partial charge in [-0.25, -0.2) is 4.79 Å². The Balaban J connectivity index is 1.96. The zero-order valence-corrected chi connectivity index (χ0v) is 44.8. The minimum absolute atomic E-state index is 0.0487. The van der Waals surface area contributed by atoms with Gasteiger partial charge < -0.3 is 14.5 Å². The summed E-state index contributed by atoms with van der Waals surface area (Å²) in [5.74, 6) is -3.34. The summed E-state index contributed by atoms with van der Waals surface area (Å²) < 4.78 is 144. The Morgan fingerprint density at radius 2 is 1.41 bits per heavy atom. The lowest BCUT2D eigenvalue weighted by Gasteiger charge is -2.37. The molecule has 0 bridgehead atoms. The van der Waals surface area contributed by atoms with Crippen LogP contribution >= 0.6 is 22.6 Å². The molecular formula is C44H60IN3O17S4. The van der Waals surface area contributed by atoms with Crippen molar-refractivity contribution in [2.24, 2.45) is 10.4 Å². The van der Waals surface area contributed by atoms with Crippen LogP contribution in [-0.4, -0.2) is 118 Å². The van der Waals surface area contributed by atoms with Crippen molar-refractivity contribution in [3.8, 4) is 0 Å². The normalized spacial score (nSPS) is 19.2. The van der Waals surface area contributed by atoms with E-state index in [0.29, 0.717) is 31.1 Å². The molecule has 2 aromatic rings. The fraction of sp³-hybridized carbons (Fsp3) is 0.545. The molecule has 0 spiro atoms. The number of aliphatic imine (C=N–C) groups is 1. The van der Waals surface area contributed by atoms with Crippen LogP contribution in [0.25, 0.3) is 0 Å². The van der Waals surface area contributed by atoms with Gasteiger partial charge in [0, 0.05) is 64.4 Å². The Bertz CT molecular complexity index is 2850. The maximum absolute atomic E-state index is 12.8. The van der Waals surface area contributed by atoms with Crippen molar-refractivity contribution in [2.75, 3.05) is 36.7 Å². The molecule has 2 atom stereocenters. The number of anilines is 1. The second-order valence-corrected chi connectivity index (χ2v) is 26.1. The average Bonchev–Trinajstić information content (AvgIpc) is 3.63. The van der Waals surface area contributed by atoms with Crippen molar-refractivity contribution in [1.82, 2.24) is 5.06 Å². The maximum Gasteiger partial charge on any atom is 0.333 e. The van der Waals surface area contributed by atoms with Crippen LogP contribution in [0.1, 0.15) is 110 Å². The quantitative estimate of drug-likeness (QED) is 0.0390. The third kappa shape index (κ3) is 15.7. The van der Waals surface area contributed by atoms with Crippen molar-refractivity contribution >= 4 is 92.2 Å². The number of hydrogen-bond donors (Lipinski definition) is 4. The molecule has 0 aliphatic carbocycles. The molecule has 0 saturated carbocycles. The number of ether oxygens (including phenoxy) is 1. The Morgan fingerprint density at radius 3 is 1.97 bits per heavy atom. The monoisotopic (exact) mass is 1160 g/mol. The highest BCUT2D eigenvalue weighted by atomic mass is 127. The number of carbonyl (C=O) groups excluding carboxylic acids is 3. The second-order valence-electron chi connectivity index (χ2n) is 19.0. The molecule has 2 aliphatic heterocycles. The lowest BCUT2D eigenvalue weighted by Crippen LogP contribution is -2.37. The van der Waals surface area contributed by atoms with Crippen molar-refractivity contribution in [3.63, 3.8) is 0 Å². The van der Waals surface area contributed by atoms with Crippen molar-refractivity contribution in [2.45, 2.75) is 125 Å². The summed E-state index contributed by atoms with van der Waals surface area (Å²) in [7, 11) is -16.9. The molecule has 20 nitrogen and oxygen atoms in total. The topological polar surface area (TPSA) is 306 Å². The minimum Gasteiger partial charge on any atom is -0.383 e.